The second kappa shape index (κ2) is 12.4. The van der Waals surface area contributed by atoms with E-state index in [1.807, 2.05) is 59.3 Å². The molecule has 0 aliphatic carbocycles. The fourth-order valence-electron chi connectivity index (χ4n) is 3.92. The van der Waals surface area contributed by atoms with Crippen molar-refractivity contribution in [1.29, 1.82) is 0 Å². The molecule has 2 aromatic heterocycles. The molecule has 2 heterocycles. The zero-order chi connectivity index (χ0) is 27.8. The largest absolute Gasteiger partial charge is 0.492 e. The number of benzene rings is 2. The van der Waals surface area contributed by atoms with Crippen molar-refractivity contribution < 1.29 is 37.4 Å². The number of halogens is 3. The molecule has 0 saturated heterocycles. The van der Waals surface area contributed by atoms with Crippen LogP contribution in [0.4, 0.5) is 13.2 Å². The summed E-state index contributed by atoms with van der Waals surface area (Å²) in [5, 5.41) is 14.3. The number of carboxylic acid groups (broad SMARTS) is 1. The monoisotopic (exact) mass is 541 g/mol. The zero-order valence-electron chi connectivity index (χ0n) is 21.0. The number of carboxylic acids is 1. The highest BCUT2D eigenvalue weighted by molar-refractivity contribution is 6.12. The number of ether oxygens (including phenoxy) is 2. The lowest BCUT2D eigenvalue weighted by Gasteiger charge is -2.15. The average molecular weight is 542 g/mol. The SMILES string of the molecule is CO/N=C(/c1ccccc1)c1ccc2ccn(CCOc3ccc(C[C@H](OCC(F)(F)F)C(=O)O)cc3)c2n1. The van der Waals surface area contributed by atoms with Crippen LogP contribution in [0, 0.1) is 0 Å². The number of rotatable bonds is 12. The molecule has 0 aliphatic rings. The normalized spacial score (nSPS) is 12.9. The third-order valence-electron chi connectivity index (χ3n) is 5.75. The summed E-state index contributed by atoms with van der Waals surface area (Å²) in [7, 11) is 1.49. The Bertz CT molecular complexity index is 1420. The number of hydrogen-bond acceptors (Lipinski definition) is 6. The van der Waals surface area contributed by atoms with E-state index in [9.17, 15) is 18.0 Å². The minimum atomic E-state index is -4.60. The van der Waals surface area contributed by atoms with E-state index in [1.54, 1.807) is 24.3 Å². The summed E-state index contributed by atoms with van der Waals surface area (Å²) < 4.78 is 49.5. The predicted octanol–water partition coefficient (Wildman–Crippen LogP) is 5.09. The van der Waals surface area contributed by atoms with E-state index in [-0.39, 0.29) is 6.42 Å². The molecule has 1 atom stereocenters. The van der Waals surface area contributed by atoms with Gasteiger partial charge in [-0.25, -0.2) is 9.78 Å². The second-order valence-corrected chi connectivity index (χ2v) is 8.56. The van der Waals surface area contributed by atoms with Gasteiger partial charge in [0.15, 0.2) is 6.10 Å². The van der Waals surface area contributed by atoms with Gasteiger partial charge >= 0.3 is 12.1 Å². The lowest BCUT2D eigenvalue weighted by molar-refractivity contribution is -0.192. The third-order valence-corrected chi connectivity index (χ3v) is 5.75. The molecular formula is C28H26F3N3O5. The second-order valence-electron chi connectivity index (χ2n) is 8.56. The van der Waals surface area contributed by atoms with Gasteiger partial charge < -0.3 is 24.0 Å². The van der Waals surface area contributed by atoms with Gasteiger partial charge in [-0.05, 0) is 35.9 Å². The number of nitrogens with zero attached hydrogens (tertiary/aromatic N) is 3. The van der Waals surface area contributed by atoms with Crippen molar-refractivity contribution in [2.75, 3.05) is 20.3 Å². The van der Waals surface area contributed by atoms with Crippen LogP contribution < -0.4 is 4.74 Å². The number of alkyl halides is 3. The Labute approximate surface area is 222 Å². The van der Waals surface area contributed by atoms with Crippen molar-refractivity contribution >= 4 is 22.7 Å². The van der Waals surface area contributed by atoms with Crippen LogP contribution in [-0.2, 0) is 27.3 Å². The highest BCUT2D eigenvalue weighted by Gasteiger charge is 2.31. The number of carbonyl (C=O) groups is 1. The van der Waals surface area contributed by atoms with Crippen molar-refractivity contribution in [2.45, 2.75) is 25.2 Å². The number of hydrogen-bond donors (Lipinski definition) is 1. The molecule has 0 bridgehead atoms. The molecule has 8 nitrogen and oxygen atoms in total. The highest BCUT2D eigenvalue weighted by atomic mass is 19.4. The number of aliphatic carboxylic acids is 1. The summed E-state index contributed by atoms with van der Waals surface area (Å²) in [6, 6.07) is 21.9. The van der Waals surface area contributed by atoms with Crippen molar-refractivity contribution in [3.8, 4) is 5.75 Å². The molecule has 0 fully saturated rings. The fraction of sp³-hybridized carbons (Fsp3) is 0.250. The molecule has 1 N–H and O–H groups in total. The maximum Gasteiger partial charge on any atom is 0.411 e. The molecule has 0 saturated carbocycles. The molecule has 0 amide bonds. The van der Waals surface area contributed by atoms with Crippen molar-refractivity contribution in [3.63, 3.8) is 0 Å². The van der Waals surface area contributed by atoms with Gasteiger partial charge in [0, 0.05) is 23.6 Å². The van der Waals surface area contributed by atoms with E-state index >= 15 is 0 Å². The van der Waals surface area contributed by atoms with Gasteiger partial charge in [-0.2, -0.15) is 13.2 Å². The van der Waals surface area contributed by atoms with Crippen LogP contribution in [-0.4, -0.2) is 58.9 Å². The Morgan fingerprint density at radius 3 is 2.46 bits per heavy atom. The number of aromatic nitrogens is 2. The zero-order valence-corrected chi connectivity index (χ0v) is 21.0. The summed E-state index contributed by atoms with van der Waals surface area (Å²) in [6.45, 7) is -0.808. The van der Waals surface area contributed by atoms with Gasteiger partial charge in [-0.15, -0.1) is 0 Å². The molecule has 11 heteroatoms. The van der Waals surface area contributed by atoms with Crippen LogP contribution in [0.1, 0.15) is 16.8 Å². The standard InChI is InChI=1S/C28H26F3N3O5/c1-37-33-25(20-5-3-2-4-6-20)23-12-9-21-13-14-34(26(21)32-23)15-16-38-22-10-7-19(8-11-22)17-24(27(35)36)39-18-28(29,30)31/h2-14,24H,15-18H2,1H3,(H,35,36)/b33-25-/t24-/m0/s1. The van der Waals surface area contributed by atoms with Gasteiger partial charge in [0.2, 0.25) is 0 Å². The minimum absolute atomic E-state index is 0.202. The molecule has 0 radical (unpaired) electrons. The summed E-state index contributed by atoms with van der Waals surface area (Å²) in [6.07, 6.45) is -4.49. The topological polar surface area (TPSA) is 95.2 Å². The lowest BCUT2D eigenvalue weighted by atomic mass is 10.1. The summed E-state index contributed by atoms with van der Waals surface area (Å²) in [5.41, 5.74) is 3.41. The molecule has 0 spiro atoms. The van der Waals surface area contributed by atoms with Crippen molar-refractivity contribution in [3.05, 3.63) is 95.8 Å². The van der Waals surface area contributed by atoms with Gasteiger partial charge in [-0.1, -0.05) is 47.6 Å². The van der Waals surface area contributed by atoms with Crippen LogP contribution in [0.15, 0.2) is 84.1 Å². The molecule has 4 aromatic rings. The number of oxime groups is 1. The first-order chi connectivity index (χ1) is 18.7. The number of fused-ring (bicyclic) bond motifs is 1. The summed E-state index contributed by atoms with van der Waals surface area (Å²) in [5.74, 6) is -0.926. The van der Waals surface area contributed by atoms with Crippen LogP contribution in [0.25, 0.3) is 11.0 Å². The Balaban J connectivity index is 1.39. The van der Waals surface area contributed by atoms with E-state index in [4.69, 9.17) is 19.7 Å². The Hall–Kier alpha value is -4.38. The maximum absolute atomic E-state index is 12.4. The summed E-state index contributed by atoms with van der Waals surface area (Å²) >= 11 is 0. The molecular weight excluding hydrogens is 515 g/mol. The quantitative estimate of drug-likeness (QED) is 0.198. The van der Waals surface area contributed by atoms with Crippen molar-refractivity contribution in [1.82, 2.24) is 9.55 Å². The van der Waals surface area contributed by atoms with Crippen LogP contribution >= 0.6 is 0 Å². The van der Waals surface area contributed by atoms with E-state index in [2.05, 4.69) is 9.89 Å². The van der Waals surface area contributed by atoms with Crippen LogP contribution in [0.3, 0.4) is 0 Å². The molecule has 204 valence electrons. The number of pyridine rings is 1. The molecule has 39 heavy (non-hydrogen) atoms. The Kier molecular flexibility index (Phi) is 8.82. The lowest BCUT2D eigenvalue weighted by Crippen LogP contribution is -2.31. The van der Waals surface area contributed by atoms with Gasteiger partial charge in [-0.3, -0.25) is 0 Å². The Morgan fingerprint density at radius 2 is 1.79 bits per heavy atom. The van der Waals surface area contributed by atoms with Gasteiger partial charge in [0.25, 0.3) is 0 Å². The molecule has 0 aliphatic heterocycles. The summed E-state index contributed by atoms with van der Waals surface area (Å²) in [4.78, 5) is 21.1. The average Bonchev–Trinajstić information content (AvgIpc) is 3.32. The van der Waals surface area contributed by atoms with E-state index in [0.717, 1.165) is 16.6 Å². The van der Waals surface area contributed by atoms with Crippen LogP contribution in [0.5, 0.6) is 5.75 Å². The maximum atomic E-state index is 12.4. The van der Waals surface area contributed by atoms with E-state index in [1.165, 1.54) is 7.11 Å². The third kappa shape index (κ3) is 7.57. The first kappa shape index (κ1) is 27.6. The molecule has 0 unspecified atom stereocenters. The first-order valence-electron chi connectivity index (χ1n) is 12.0. The smallest absolute Gasteiger partial charge is 0.411 e. The van der Waals surface area contributed by atoms with Gasteiger partial charge in [0.05, 0.1) is 12.2 Å². The molecule has 4 rings (SSSR count). The highest BCUT2D eigenvalue weighted by Crippen LogP contribution is 2.20. The first-order valence-corrected chi connectivity index (χ1v) is 12.0. The van der Waals surface area contributed by atoms with E-state index < -0.39 is 24.9 Å². The Morgan fingerprint density at radius 1 is 1.05 bits per heavy atom. The fourth-order valence-corrected chi connectivity index (χ4v) is 3.92. The van der Waals surface area contributed by atoms with Crippen molar-refractivity contribution in [2.24, 2.45) is 5.16 Å². The van der Waals surface area contributed by atoms with Crippen LogP contribution in [0.2, 0.25) is 0 Å². The van der Waals surface area contributed by atoms with E-state index in [0.29, 0.717) is 35.9 Å². The minimum Gasteiger partial charge on any atom is -0.492 e. The molecule has 2 aromatic carbocycles. The predicted molar refractivity (Wildman–Crippen MR) is 138 cm³/mol. The van der Waals surface area contributed by atoms with Gasteiger partial charge in [0.1, 0.15) is 37.4 Å².